The molecule has 0 atom stereocenters. The molecule has 0 radical (unpaired) electrons. The summed E-state index contributed by atoms with van der Waals surface area (Å²) in [5.41, 5.74) is 2.91. The quantitative estimate of drug-likeness (QED) is 0.155. The fraction of sp³-hybridized carbons (Fsp3) is 0.226. The molecule has 0 saturated heterocycles. The molecule has 0 aliphatic carbocycles. The summed E-state index contributed by atoms with van der Waals surface area (Å²) in [5, 5.41) is 1.01. The lowest BCUT2D eigenvalue weighted by Gasteiger charge is -2.12. The molecule has 198 valence electrons. The molecular weight excluding hydrogens is 502 g/mol. The fourth-order valence-electron chi connectivity index (χ4n) is 4.32. The molecule has 0 N–H and O–H groups in total. The van der Waals surface area contributed by atoms with Gasteiger partial charge in [0.2, 0.25) is 0 Å². The van der Waals surface area contributed by atoms with Crippen LogP contribution in [0.4, 0.5) is 26.3 Å². The predicted octanol–water partition coefficient (Wildman–Crippen LogP) is 9.16. The van der Waals surface area contributed by atoms with Crippen LogP contribution in [0.15, 0.2) is 78.9 Å². The van der Waals surface area contributed by atoms with Crippen molar-refractivity contribution in [3.05, 3.63) is 113 Å². The molecule has 0 aromatic heterocycles. The maximum absolute atomic E-state index is 15.3. The molecule has 0 aliphatic rings. The summed E-state index contributed by atoms with van der Waals surface area (Å²) in [6.07, 6.45) is 1.55. The molecule has 0 aliphatic heterocycles. The molecule has 0 heterocycles. The number of alkyl halides is 3. The van der Waals surface area contributed by atoms with E-state index in [1.807, 2.05) is 25.1 Å². The van der Waals surface area contributed by atoms with Gasteiger partial charge in [-0.1, -0.05) is 54.6 Å². The first-order valence-corrected chi connectivity index (χ1v) is 12.2. The highest BCUT2D eigenvalue weighted by Gasteiger charge is 2.29. The number of halogens is 6. The molecule has 7 heteroatoms. The molecule has 0 fully saturated rings. The van der Waals surface area contributed by atoms with Crippen LogP contribution in [0, 0.1) is 17.5 Å². The summed E-state index contributed by atoms with van der Waals surface area (Å²) in [5.74, 6) is -2.14. The monoisotopic (exact) mass is 528 g/mol. The van der Waals surface area contributed by atoms with Crippen molar-refractivity contribution in [2.24, 2.45) is 0 Å². The van der Waals surface area contributed by atoms with Crippen LogP contribution in [0.2, 0.25) is 0 Å². The highest BCUT2D eigenvalue weighted by atomic mass is 19.4. The molecule has 0 bridgehead atoms. The number of rotatable bonds is 9. The van der Waals surface area contributed by atoms with Gasteiger partial charge in [0.1, 0.15) is 11.6 Å². The highest BCUT2D eigenvalue weighted by molar-refractivity contribution is 5.88. The summed E-state index contributed by atoms with van der Waals surface area (Å²) < 4.78 is 85.6. The second-order valence-electron chi connectivity index (χ2n) is 9.07. The molecule has 4 aromatic rings. The van der Waals surface area contributed by atoms with Gasteiger partial charge in [0.05, 0.1) is 0 Å². The number of benzene rings is 4. The van der Waals surface area contributed by atoms with Crippen LogP contribution in [-0.2, 0) is 19.3 Å². The lowest BCUT2D eigenvalue weighted by molar-refractivity contribution is -0.153. The van der Waals surface area contributed by atoms with E-state index >= 15 is 4.39 Å². The van der Waals surface area contributed by atoms with E-state index in [4.69, 9.17) is 0 Å². The van der Waals surface area contributed by atoms with Gasteiger partial charge in [-0.2, -0.15) is 13.2 Å². The lowest BCUT2D eigenvalue weighted by atomic mass is 9.96. The van der Waals surface area contributed by atoms with Crippen molar-refractivity contribution in [3.8, 4) is 16.9 Å². The maximum Gasteiger partial charge on any atom is 0.422 e. The zero-order valence-electron chi connectivity index (χ0n) is 20.7. The minimum atomic E-state index is -4.57. The van der Waals surface area contributed by atoms with E-state index in [0.29, 0.717) is 33.0 Å². The Bertz CT molecular complexity index is 1460. The molecule has 1 nitrogen and oxygen atoms in total. The van der Waals surface area contributed by atoms with Crippen LogP contribution in [-0.4, -0.2) is 12.8 Å². The van der Waals surface area contributed by atoms with E-state index in [1.165, 1.54) is 12.1 Å². The highest BCUT2D eigenvalue weighted by Crippen LogP contribution is 2.30. The van der Waals surface area contributed by atoms with E-state index in [1.54, 1.807) is 36.4 Å². The molecule has 0 unspecified atom stereocenters. The van der Waals surface area contributed by atoms with E-state index in [2.05, 4.69) is 4.74 Å². The van der Waals surface area contributed by atoms with Crippen LogP contribution in [0.1, 0.15) is 30.0 Å². The zero-order chi connectivity index (χ0) is 27.3. The average Bonchev–Trinajstić information content (AvgIpc) is 2.87. The zero-order valence-corrected chi connectivity index (χ0v) is 20.7. The van der Waals surface area contributed by atoms with Gasteiger partial charge in [-0.25, -0.2) is 13.2 Å². The topological polar surface area (TPSA) is 9.23 Å². The lowest BCUT2D eigenvalue weighted by Crippen LogP contribution is -2.19. The van der Waals surface area contributed by atoms with Crippen molar-refractivity contribution < 1.29 is 31.1 Å². The van der Waals surface area contributed by atoms with Crippen LogP contribution >= 0.6 is 0 Å². The number of aryl methyl sites for hydroxylation is 3. The Morgan fingerprint density at radius 2 is 1.50 bits per heavy atom. The second-order valence-corrected chi connectivity index (χ2v) is 9.07. The SMILES string of the molecule is C/C=C/CCc1ccc(-c2ccc3c(F)c(CCc4ccc(OCC(F)(F)F)c(F)c4)ccc3c2)c(F)c1. The third kappa shape index (κ3) is 6.77. The Hall–Kier alpha value is -3.74. The Kier molecular flexibility index (Phi) is 8.45. The Morgan fingerprint density at radius 3 is 2.21 bits per heavy atom. The number of hydrogen-bond acceptors (Lipinski definition) is 1. The molecule has 4 aromatic carbocycles. The average molecular weight is 529 g/mol. The predicted molar refractivity (Wildman–Crippen MR) is 138 cm³/mol. The maximum atomic E-state index is 15.3. The smallest absolute Gasteiger partial charge is 0.422 e. The third-order valence-electron chi connectivity index (χ3n) is 6.28. The van der Waals surface area contributed by atoms with Gasteiger partial charge in [0.15, 0.2) is 18.2 Å². The Labute approximate surface area is 217 Å². The number of allylic oxidation sites excluding steroid dienone is 2. The van der Waals surface area contributed by atoms with Gasteiger partial charge in [0, 0.05) is 10.9 Å². The van der Waals surface area contributed by atoms with Crippen molar-refractivity contribution in [1.82, 2.24) is 0 Å². The van der Waals surface area contributed by atoms with Gasteiger partial charge < -0.3 is 4.74 Å². The van der Waals surface area contributed by atoms with Gasteiger partial charge >= 0.3 is 6.18 Å². The number of ether oxygens (including phenoxy) is 1. The normalized spacial score (nSPS) is 12.0. The summed E-state index contributed by atoms with van der Waals surface area (Å²) in [7, 11) is 0. The van der Waals surface area contributed by atoms with E-state index in [0.717, 1.165) is 30.5 Å². The molecule has 38 heavy (non-hydrogen) atoms. The third-order valence-corrected chi connectivity index (χ3v) is 6.28. The molecular formula is C31H26F6O. The number of fused-ring (bicyclic) bond motifs is 1. The van der Waals surface area contributed by atoms with Crippen LogP contribution in [0.25, 0.3) is 21.9 Å². The first kappa shape index (κ1) is 27.3. The first-order valence-electron chi connectivity index (χ1n) is 12.2. The van der Waals surface area contributed by atoms with Gasteiger partial charge in [-0.05, 0) is 84.5 Å². The van der Waals surface area contributed by atoms with Crippen molar-refractivity contribution in [2.75, 3.05) is 6.61 Å². The summed E-state index contributed by atoms with van der Waals surface area (Å²) >= 11 is 0. The van der Waals surface area contributed by atoms with Crippen LogP contribution in [0.3, 0.4) is 0 Å². The number of hydrogen-bond donors (Lipinski definition) is 0. The van der Waals surface area contributed by atoms with Crippen molar-refractivity contribution in [3.63, 3.8) is 0 Å². The Balaban J connectivity index is 1.47. The van der Waals surface area contributed by atoms with Crippen LogP contribution < -0.4 is 4.74 Å². The standard InChI is InChI=1S/C31H26F6O/c1-2-3-4-5-20-7-13-25(27(32)16-20)23-12-14-26-24(18-23)11-10-22(30(26)34)9-6-21-8-15-29(28(33)17-21)38-19-31(35,36)37/h2-3,7-8,10-18H,4-6,9,19H2,1H3/b3-2+. The molecule has 0 spiro atoms. The van der Waals surface area contributed by atoms with Crippen molar-refractivity contribution in [2.45, 2.75) is 38.8 Å². The second kappa shape index (κ2) is 11.8. The largest absolute Gasteiger partial charge is 0.481 e. The van der Waals surface area contributed by atoms with E-state index in [9.17, 15) is 22.0 Å². The fourth-order valence-corrected chi connectivity index (χ4v) is 4.32. The summed E-state index contributed by atoms with van der Waals surface area (Å²) in [4.78, 5) is 0. The Morgan fingerprint density at radius 1 is 0.763 bits per heavy atom. The van der Waals surface area contributed by atoms with Gasteiger partial charge in [-0.15, -0.1) is 0 Å². The van der Waals surface area contributed by atoms with E-state index < -0.39 is 30.2 Å². The molecule has 0 amide bonds. The van der Waals surface area contributed by atoms with Gasteiger partial charge in [-0.3, -0.25) is 0 Å². The molecule has 0 saturated carbocycles. The summed E-state index contributed by atoms with van der Waals surface area (Å²) in [6.45, 7) is 0.362. The van der Waals surface area contributed by atoms with Crippen LogP contribution in [0.5, 0.6) is 5.75 Å². The van der Waals surface area contributed by atoms with Crippen molar-refractivity contribution in [1.29, 1.82) is 0 Å². The van der Waals surface area contributed by atoms with E-state index in [-0.39, 0.29) is 18.7 Å². The minimum Gasteiger partial charge on any atom is -0.481 e. The van der Waals surface area contributed by atoms with Gasteiger partial charge in [0.25, 0.3) is 0 Å². The molecule has 4 rings (SSSR count). The minimum absolute atomic E-state index is 0.259. The first-order chi connectivity index (χ1) is 18.1. The summed E-state index contributed by atoms with van der Waals surface area (Å²) in [6, 6.07) is 17.3. The van der Waals surface area contributed by atoms with Crippen molar-refractivity contribution >= 4 is 10.8 Å².